The van der Waals surface area contributed by atoms with Crippen LogP contribution < -0.4 is 0 Å². The van der Waals surface area contributed by atoms with Crippen LogP contribution in [0.1, 0.15) is 0 Å². The Labute approximate surface area is 282 Å². The quantitative estimate of drug-likeness (QED) is 0.175. The molecule has 0 bridgehead atoms. The lowest BCUT2D eigenvalue weighted by molar-refractivity contribution is 1.32. The molecular formula is C47H33N. The summed E-state index contributed by atoms with van der Waals surface area (Å²) in [6.45, 7) is 0. The van der Waals surface area contributed by atoms with Crippen LogP contribution in [0, 0.1) is 0 Å². The molecule has 0 unspecified atom stereocenters. The predicted octanol–water partition coefficient (Wildman–Crippen LogP) is 12.8. The number of rotatable bonds is 7. The Kier molecular flexibility index (Phi) is 8.01. The molecule has 48 heavy (non-hydrogen) atoms. The zero-order chi connectivity index (χ0) is 32.1. The number of nitrogens with zero attached hydrogens (tertiary/aromatic N) is 1. The van der Waals surface area contributed by atoms with Gasteiger partial charge in [0.05, 0.1) is 11.4 Å². The van der Waals surface area contributed by atoms with Gasteiger partial charge >= 0.3 is 0 Å². The van der Waals surface area contributed by atoms with Gasteiger partial charge in [0, 0.05) is 11.1 Å². The lowest BCUT2D eigenvalue weighted by Crippen LogP contribution is -1.92. The van der Waals surface area contributed by atoms with E-state index in [9.17, 15) is 0 Å². The second-order valence-electron chi connectivity index (χ2n) is 12.0. The summed E-state index contributed by atoms with van der Waals surface area (Å²) >= 11 is 0. The fraction of sp³-hybridized carbons (Fsp3) is 0. The molecule has 0 saturated heterocycles. The van der Waals surface area contributed by atoms with Gasteiger partial charge in [-0.15, -0.1) is 0 Å². The molecule has 0 aliphatic rings. The summed E-state index contributed by atoms with van der Waals surface area (Å²) in [5, 5.41) is 0. The van der Waals surface area contributed by atoms with Gasteiger partial charge in [-0.05, 0) is 79.9 Å². The molecule has 8 aromatic rings. The highest BCUT2D eigenvalue weighted by atomic mass is 14.7. The molecule has 0 saturated carbocycles. The molecule has 0 radical (unpaired) electrons. The number of pyridine rings is 1. The highest BCUT2D eigenvalue weighted by Gasteiger charge is 2.12. The molecule has 1 aromatic heterocycles. The lowest BCUT2D eigenvalue weighted by Gasteiger charge is -2.13. The van der Waals surface area contributed by atoms with Crippen LogP contribution >= 0.6 is 0 Å². The highest BCUT2D eigenvalue weighted by Crippen LogP contribution is 2.34. The average Bonchev–Trinajstić information content (AvgIpc) is 3.19. The summed E-state index contributed by atoms with van der Waals surface area (Å²) < 4.78 is 0. The number of aromatic nitrogens is 1. The van der Waals surface area contributed by atoms with Gasteiger partial charge in [0.25, 0.3) is 0 Å². The van der Waals surface area contributed by atoms with Crippen LogP contribution in [0.4, 0.5) is 0 Å². The van der Waals surface area contributed by atoms with E-state index in [0.29, 0.717) is 0 Å². The van der Waals surface area contributed by atoms with Crippen molar-refractivity contribution in [2.24, 2.45) is 0 Å². The Bertz CT molecular complexity index is 2140. The largest absolute Gasteiger partial charge is 0.248 e. The summed E-state index contributed by atoms with van der Waals surface area (Å²) in [5.41, 5.74) is 16.0. The van der Waals surface area contributed by atoms with Crippen molar-refractivity contribution in [3.05, 3.63) is 200 Å². The molecule has 0 aliphatic carbocycles. The van der Waals surface area contributed by atoms with Crippen molar-refractivity contribution in [3.63, 3.8) is 0 Å². The standard InChI is InChI=1S/C47H33N/c1-4-12-34(13-5-1)37-22-26-39(27-23-37)41-18-10-20-43(30-41)46-32-45(36-16-8-3-9-17-36)33-47(48-46)44-21-11-19-42(31-44)40-28-24-38(25-29-40)35-14-6-2-7-15-35/h1-33H. The van der Waals surface area contributed by atoms with Crippen molar-refractivity contribution in [2.45, 2.75) is 0 Å². The van der Waals surface area contributed by atoms with Gasteiger partial charge < -0.3 is 0 Å². The third-order valence-electron chi connectivity index (χ3n) is 8.90. The van der Waals surface area contributed by atoms with Crippen LogP contribution in [0.2, 0.25) is 0 Å². The van der Waals surface area contributed by atoms with E-state index in [0.717, 1.165) is 28.1 Å². The topological polar surface area (TPSA) is 12.9 Å². The Morgan fingerprint density at radius 1 is 0.188 bits per heavy atom. The molecule has 0 N–H and O–H groups in total. The third-order valence-corrected chi connectivity index (χ3v) is 8.90. The number of hydrogen-bond acceptors (Lipinski definition) is 1. The van der Waals surface area contributed by atoms with Crippen LogP contribution in [0.15, 0.2) is 200 Å². The summed E-state index contributed by atoms with van der Waals surface area (Å²) in [7, 11) is 0. The first-order valence-corrected chi connectivity index (χ1v) is 16.4. The maximum atomic E-state index is 5.28. The summed E-state index contributed by atoms with van der Waals surface area (Å²) in [4.78, 5) is 5.28. The normalized spacial score (nSPS) is 10.9. The van der Waals surface area contributed by atoms with Crippen molar-refractivity contribution in [2.75, 3.05) is 0 Å². The minimum Gasteiger partial charge on any atom is -0.248 e. The first-order chi connectivity index (χ1) is 23.8. The van der Waals surface area contributed by atoms with E-state index in [4.69, 9.17) is 4.98 Å². The van der Waals surface area contributed by atoms with Crippen molar-refractivity contribution < 1.29 is 0 Å². The van der Waals surface area contributed by atoms with Gasteiger partial charge in [-0.2, -0.15) is 0 Å². The van der Waals surface area contributed by atoms with Gasteiger partial charge in [-0.3, -0.25) is 0 Å². The molecule has 0 atom stereocenters. The molecule has 0 amide bonds. The Morgan fingerprint density at radius 2 is 0.458 bits per heavy atom. The molecule has 1 heterocycles. The minimum absolute atomic E-state index is 0.951. The number of hydrogen-bond donors (Lipinski definition) is 0. The maximum absolute atomic E-state index is 5.28. The lowest BCUT2D eigenvalue weighted by atomic mass is 9.95. The van der Waals surface area contributed by atoms with Crippen LogP contribution in [-0.4, -0.2) is 4.98 Å². The SMILES string of the molecule is c1ccc(-c2ccc(-c3cccc(-c4cc(-c5ccccc5)cc(-c5cccc(-c6ccc(-c7ccccc7)cc6)c5)n4)c3)cc2)cc1. The molecule has 8 rings (SSSR count). The predicted molar refractivity (Wildman–Crippen MR) is 202 cm³/mol. The molecule has 7 aromatic carbocycles. The van der Waals surface area contributed by atoms with Crippen molar-refractivity contribution >= 4 is 0 Å². The van der Waals surface area contributed by atoms with E-state index in [-0.39, 0.29) is 0 Å². The van der Waals surface area contributed by atoms with Crippen LogP contribution in [0.5, 0.6) is 0 Å². The summed E-state index contributed by atoms with van der Waals surface area (Å²) in [6.07, 6.45) is 0. The molecule has 0 fully saturated rings. The van der Waals surface area contributed by atoms with E-state index >= 15 is 0 Å². The van der Waals surface area contributed by atoms with Crippen LogP contribution in [0.3, 0.4) is 0 Å². The van der Waals surface area contributed by atoms with E-state index in [1.54, 1.807) is 0 Å². The fourth-order valence-electron chi connectivity index (χ4n) is 6.31. The minimum atomic E-state index is 0.951. The Morgan fingerprint density at radius 3 is 0.833 bits per heavy atom. The van der Waals surface area contributed by atoms with Gasteiger partial charge in [0.2, 0.25) is 0 Å². The second kappa shape index (κ2) is 13.2. The summed E-state index contributed by atoms with van der Waals surface area (Å²) in [6, 6.07) is 71.1. The molecule has 0 spiro atoms. The van der Waals surface area contributed by atoms with E-state index < -0.39 is 0 Å². The molecular weight excluding hydrogens is 579 g/mol. The Balaban J connectivity index is 1.16. The molecule has 1 heteroatoms. The monoisotopic (exact) mass is 611 g/mol. The van der Waals surface area contributed by atoms with E-state index in [1.165, 1.54) is 50.1 Å². The maximum Gasteiger partial charge on any atom is 0.0715 e. The zero-order valence-electron chi connectivity index (χ0n) is 26.5. The average molecular weight is 612 g/mol. The first kappa shape index (κ1) is 29.1. The summed E-state index contributed by atoms with van der Waals surface area (Å²) in [5.74, 6) is 0. The third kappa shape index (κ3) is 6.23. The molecule has 226 valence electrons. The smallest absolute Gasteiger partial charge is 0.0715 e. The number of benzene rings is 7. The van der Waals surface area contributed by atoms with Gasteiger partial charge in [0.15, 0.2) is 0 Å². The fourth-order valence-corrected chi connectivity index (χ4v) is 6.31. The van der Waals surface area contributed by atoms with Gasteiger partial charge in [0.1, 0.15) is 0 Å². The van der Waals surface area contributed by atoms with Crippen LogP contribution in [0.25, 0.3) is 78.1 Å². The van der Waals surface area contributed by atoms with Crippen molar-refractivity contribution in [1.29, 1.82) is 0 Å². The van der Waals surface area contributed by atoms with E-state index in [2.05, 4.69) is 200 Å². The van der Waals surface area contributed by atoms with Crippen LogP contribution in [-0.2, 0) is 0 Å². The highest BCUT2D eigenvalue weighted by molar-refractivity contribution is 5.81. The Hall–Kier alpha value is -6.31. The van der Waals surface area contributed by atoms with Crippen molar-refractivity contribution in [3.8, 4) is 78.1 Å². The zero-order valence-corrected chi connectivity index (χ0v) is 26.5. The second-order valence-corrected chi connectivity index (χ2v) is 12.0. The molecule has 1 nitrogen and oxygen atoms in total. The van der Waals surface area contributed by atoms with Gasteiger partial charge in [-0.1, -0.05) is 176 Å². The molecule has 0 aliphatic heterocycles. The first-order valence-electron chi connectivity index (χ1n) is 16.4. The van der Waals surface area contributed by atoms with E-state index in [1.807, 2.05) is 0 Å². The van der Waals surface area contributed by atoms with Gasteiger partial charge in [-0.25, -0.2) is 4.98 Å². The van der Waals surface area contributed by atoms with Crippen molar-refractivity contribution in [1.82, 2.24) is 4.98 Å².